The zero-order chi connectivity index (χ0) is 20.5. The van der Waals surface area contributed by atoms with Crippen molar-refractivity contribution in [3.05, 3.63) is 60.1 Å². The molecule has 1 N–H and O–H groups in total. The first-order valence-corrected chi connectivity index (χ1v) is 10.2. The molecule has 8 heteroatoms. The van der Waals surface area contributed by atoms with E-state index in [0.717, 1.165) is 48.5 Å². The normalized spacial score (nSPS) is 14.9. The zero-order valence-electron chi connectivity index (χ0n) is 16.5. The van der Waals surface area contributed by atoms with Crippen LogP contribution in [0.25, 0.3) is 22.4 Å². The zero-order valence-corrected chi connectivity index (χ0v) is 17.3. The molecule has 0 atom stereocenters. The second kappa shape index (κ2) is 7.93. The van der Waals surface area contributed by atoms with Crippen LogP contribution in [0.2, 0.25) is 5.02 Å². The van der Waals surface area contributed by atoms with Crippen molar-refractivity contribution in [3.63, 3.8) is 0 Å². The van der Waals surface area contributed by atoms with Gasteiger partial charge in [0.05, 0.1) is 16.9 Å². The molecule has 152 valence electrons. The summed E-state index contributed by atoms with van der Waals surface area (Å²) in [5, 5.41) is 3.75. The summed E-state index contributed by atoms with van der Waals surface area (Å²) in [5.41, 5.74) is 5.14. The van der Waals surface area contributed by atoms with Gasteiger partial charge in [0.15, 0.2) is 12.0 Å². The van der Waals surface area contributed by atoms with E-state index in [0.29, 0.717) is 16.7 Å². The van der Waals surface area contributed by atoms with Crippen molar-refractivity contribution < 1.29 is 4.42 Å². The predicted octanol–water partition coefficient (Wildman–Crippen LogP) is 4.43. The van der Waals surface area contributed by atoms with Gasteiger partial charge in [-0.25, -0.2) is 15.0 Å². The highest BCUT2D eigenvalue weighted by Gasteiger charge is 2.14. The molecule has 0 spiro atoms. The van der Waals surface area contributed by atoms with E-state index in [-0.39, 0.29) is 0 Å². The van der Waals surface area contributed by atoms with Gasteiger partial charge in [-0.3, -0.25) is 0 Å². The molecule has 1 fully saturated rings. The first kappa shape index (κ1) is 18.8. The van der Waals surface area contributed by atoms with Gasteiger partial charge in [0.25, 0.3) is 0 Å². The van der Waals surface area contributed by atoms with Crippen molar-refractivity contribution >= 4 is 40.0 Å². The number of nitrogens with zero attached hydrogens (tertiary/aromatic N) is 5. The molecule has 4 aromatic rings. The highest BCUT2D eigenvalue weighted by atomic mass is 35.5. The number of hydrogen-bond acceptors (Lipinski definition) is 7. The maximum absolute atomic E-state index is 6.37. The topological polar surface area (TPSA) is 70.3 Å². The van der Waals surface area contributed by atoms with Gasteiger partial charge in [0.2, 0.25) is 5.95 Å². The van der Waals surface area contributed by atoms with E-state index >= 15 is 0 Å². The van der Waals surface area contributed by atoms with Crippen LogP contribution in [0.4, 0.5) is 17.3 Å². The fourth-order valence-corrected chi connectivity index (χ4v) is 3.78. The minimum Gasteiger partial charge on any atom is -0.443 e. The number of fused-ring (bicyclic) bond motifs is 1. The van der Waals surface area contributed by atoms with Gasteiger partial charge < -0.3 is 19.5 Å². The van der Waals surface area contributed by atoms with Crippen LogP contribution in [0.15, 0.2) is 59.5 Å². The standard InChI is InChI=1S/C22H21ClN6O/c1-28-8-10-29(11-9-28)17-5-3-16(4-6-17)26-22-24-13-18(23)21(27-22)15-2-7-20-19(12-15)25-14-30-20/h2-7,12-14H,8-11H2,1H3,(H,24,26,27). The lowest BCUT2D eigenvalue weighted by Crippen LogP contribution is -2.44. The van der Waals surface area contributed by atoms with Crippen LogP contribution < -0.4 is 10.2 Å². The molecule has 30 heavy (non-hydrogen) atoms. The van der Waals surface area contributed by atoms with Crippen LogP contribution >= 0.6 is 11.6 Å². The van der Waals surface area contributed by atoms with Crippen LogP contribution in [0.3, 0.4) is 0 Å². The van der Waals surface area contributed by atoms with Crippen molar-refractivity contribution in [1.82, 2.24) is 19.9 Å². The number of halogens is 1. The second-order valence-electron chi connectivity index (χ2n) is 7.39. The van der Waals surface area contributed by atoms with Gasteiger partial charge >= 0.3 is 0 Å². The van der Waals surface area contributed by atoms with Gasteiger partial charge in [0, 0.05) is 43.1 Å². The van der Waals surface area contributed by atoms with E-state index in [1.807, 2.05) is 30.3 Å². The maximum atomic E-state index is 6.37. The maximum Gasteiger partial charge on any atom is 0.227 e. The van der Waals surface area contributed by atoms with Crippen LogP contribution in [-0.4, -0.2) is 53.1 Å². The van der Waals surface area contributed by atoms with Crippen LogP contribution in [-0.2, 0) is 0 Å². The quantitative estimate of drug-likeness (QED) is 0.523. The molecule has 5 rings (SSSR count). The average molecular weight is 421 g/mol. The van der Waals surface area contributed by atoms with E-state index in [1.165, 1.54) is 12.1 Å². The fraction of sp³-hybridized carbons (Fsp3) is 0.227. The van der Waals surface area contributed by atoms with Crippen molar-refractivity contribution in [3.8, 4) is 11.3 Å². The molecule has 3 heterocycles. The van der Waals surface area contributed by atoms with E-state index in [1.54, 1.807) is 6.20 Å². The number of hydrogen-bond donors (Lipinski definition) is 1. The Hall–Kier alpha value is -3.16. The molecule has 0 unspecified atom stereocenters. The van der Waals surface area contributed by atoms with Gasteiger partial charge in [-0.15, -0.1) is 0 Å². The SMILES string of the molecule is CN1CCN(c2ccc(Nc3ncc(Cl)c(-c4ccc5ocnc5c4)n3)cc2)CC1. The molecule has 0 radical (unpaired) electrons. The molecule has 1 saturated heterocycles. The minimum atomic E-state index is 0.480. The van der Waals surface area contributed by atoms with Gasteiger partial charge in [-0.05, 0) is 49.5 Å². The molecule has 2 aromatic heterocycles. The van der Waals surface area contributed by atoms with Crippen LogP contribution in [0.5, 0.6) is 0 Å². The molecule has 0 saturated carbocycles. The summed E-state index contributed by atoms with van der Waals surface area (Å²) < 4.78 is 5.31. The van der Waals surface area contributed by atoms with Gasteiger partial charge in [-0.1, -0.05) is 11.6 Å². The van der Waals surface area contributed by atoms with Crippen LogP contribution in [0.1, 0.15) is 0 Å². The lowest BCUT2D eigenvalue weighted by atomic mass is 10.1. The number of piperazine rings is 1. The largest absolute Gasteiger partial charge is 0.443 e. The Morgan fingerprint density at radius 3 is 2.60 bits per heavy atom. The third-order valence-electron chi connectivity index (χ3n) is 5.34. The van der Waals surface area contributed by atoms with Crippen LogP contribution in [0, 0.1) is 0 Å². The number of anilines is 3. The number of aromatic nitrogens is 3. The van der Waals surface area contributed by atoms with Crippen molar-refractivity contribution in [2.24, 2.45) is 0 Å². The van der Waals surface area contributed by atoms with Gasteiger partial charge in [0.1, 0.15) is 5.52 Å². The Balaban J connectivity index is 1.35. The third-order valence-corrected chi connectivity index (χ3v) is 5.62. The smallest absolute Gasteiger partial charge is 0.227 e. The molecule has 2 aromatic carbocycles. The Bertz CT molecular complexity index is 1170. The van der Waals surface area contributed by atoms with Gasteiger partial charge in [-0.2, -0.15) is 0 Å². The highest BCUT2D eigenvalue weighted by molar-refractivity contribution is 6.33. The molecular formula is C22H21ClN6O. The molecule has 0 aliphatic carbocycles. The Morgan fingerprint density at radius 1 is 1.00 bits per heavy atom. The van der Waals surface area contributed by atoms with E-state index in [4.69, 9.17) is 16.0 Å². The fourth-order valence-electron chi connectivity index (χ4n) is 3.58. The monoisotopic (exact) mass is 420 g/mol. The van der Waals surface area contributed by atoms with Crippen molar-refractivity contribution in [2.75, 3.05) is 43.4 Å². The Labute approximate surface area is 179 Å². The van der Waals surface area contributed by atoms with E-state index in [9.17, 15) is 0 Å². The first-order valence-electron chi connectivity index (χ1n) is 9.82. The minimum absolute atomic E-state index is 0.480. The summed E-state index contributed by atoms with van der Waals surface area (Å²) in [4.78, 5) is 17.9. The number of oxazole rings is 1. The Kier molecular flexibility index (Phi) is 4.98. The highest BCUT2D eigenvalue weighted by Crippen LogP contribution is 2.29. The molecule has 1 aliphatic heterocycles. The molecule has 0 bridgehead atoms. The number of rotatable bonds is 4. The molecule has 0 amide bonds. The lowest BCUT2D eigenvalue weighted by Gasteiger charge is -2.34. The Morgan fingerprint density at radius 2 is 1.80 bits per heavy atom. The summed E-state index contributed by atoms with van der Waals surface area (Å²) in [6.45, 7) is 4.26. The summed E-state index contributed by atoms with van der Waals surface area (Å²) in [6.07, 6.45) is 3.03. The summed E-state index contributed by atoms with van der Waals surface area (Å²) in [7, 11) is 2.16. The number of nitrogens with one attached hydrogen (secondary N) is 1. The predicted molar refractivity (Wildman–Crippen MR) is 119 cm³/mol. The molecule has 7 nitrogen and oxygen atoms in total. The molecular weight excluding hydrogens is 400 g/mol. The lowest BCUT2D eigenvalue weighted by molar-refractivity contribution is 0.313. The third kappa shape index (κ3) is 3.81. The summed E-state index contributed by atoms with van der Waals surface area (Å²) >= 11 is 6.37. The number of benzene rings is 2. The second-order valence-corrected chi connectivity index (χ2v) is 7.79. The first-order chi connectivity index (χ1) is 14.7. The van der Waals surface area contributed by atoms with Crippen molar-refractivity contribution in [1.29, 1.82) is 0 Å². The summed E-state index contributed by atoms with van der Waals surface area (Å²) in [5.74, 6) is 0.488. The van der Waals surface area contributed by atoms with E-state index < -0.39 is 0 Å². The van der Waals surface area contributed by atoms with E-state index in [2.05, 4.69) is 49.2 Å². The number of likely N-dealkylation sites (N-methyl/N-ethyl adjacent to an activating group) is 1. The molecule has 1 aliphatic rings. The summed E-state index contributed by atoms with van der Waals surface area (Å²) in [6, 6.07) is 14.0. The van der Waals surface area contributed by atoms with Crippen molar-refractivity contribution in [2.45, 2.75) is 0 Å². The average Bonchev–Trinajstić information content (AvgIpc) is 3.24.